The molecule has 2 aliphatic heterocycles. The number of piperidine rings is 1. The third kappa shape index (κ3) is 6.76. The number of carbonyl (C=O) groups excluding carboxylic acids is 1. The van der Waals surface area contributed by atoms with Crippen LogP contribution in [0.4, 0.5) is 0 Å². The highest BCUT2D eigenvalue weighted by Gasteiger charge is 2.23. The molecule has 0 aliphatic carbocycles. The molecule has 0 bridgehead atoms. The Morgan fingerprint density at radius 1 is 0.974 bits per heavy atom. The summed E-state index contributed by atoms with van der Waals surface area (Å²) in [5.41, 5.74) is 3.02. The number of carbonyl (C=O) groups is 1. The molecule has 7 nitrogen and oxygen atoms in total. The minimum atomic E-state index is 0. The zero-order valence-corrected chi connectivity index (χ0v) is 23.3. The highest BCUT2D eigenvalue weighted by Crippen LogP contribution is 2.36. The number of hydrogen-bond acceptors (Lipinski definition) is 6. The van der Waals surface area contributed by atoms with Crippen LogP contribution in [0.5, 0.6) is 11.5 Å². The van der Waals surface area contributed by atoms with Crippen LogP contribution in [0.15, 0.2) is 54.7 Å². The molecule has 2 saturated heterocycles. The number of amides is 1. The van der Waals surface area contributed by atoms with Gasteiger partial charge in [-0.25, -0.2) is 0 Å². The molecule has 0 unspecified atom stereocenters. The van der Waals surface area contributed by atoms with Crippen LogP contribution in [0.2, 0.25) is 0 Å². The monoisotopic (exact) mass is 538 g/mol. The summed E-state index contributed by atoms with van der Waals surface area (Å²) in [6.07, 6.45) is 4.28. The maximum Gasteiger partial charge on any atom is 0.222 e. The fourth-order valence-corrected chi connectivity index (χ4v) is 5.19. The molecular weight excluding hydrogens is 500 g/mol. The number of rotatable bonds is 8. The number of halogens is 1. The standard InChI is InChI=1S/C30H38N4O3.ClH/c1-3-28(35)34-15-12-26(13-16-34)37-25-9-6-23(7-10-25)27-11-8-24-5-4-14-31-29(24)30(27)36-22-21-33-19-17-32(2)18-20-33;/h4-11,14,26H,3,12-13,15-22H2,1-2H3;1H. The lowest BCUT2D eigenvalue weighted by Crippen LogP contribution is -2.45. The van der Waals surface area contributed by atoms with E-state index in [1.165, 1.54) is 0 Å². The number of aromatic nitrogens is 1. The normalized spacial score (nSPS) is 17.3. The largest absolute Gasteiger partial charge is 0.490 e. The summed E-state index contributed by atoms with van der Waals surface area (Å²) in [6.45, 7) is 9.37. The summed E-state index contributed by atoms with van der Waals surface area (Å²) in [5, 5.41) is 1.08. The summed E-state index contributed by atoms with van der Waals surface area (Å²) in [4.78, 5) is 23.4. The summed E-state index contributed by atoms with van der Waals surface area (Å²) in [5.74, 6) is 1.93. The van der Waals surface area contributed by atoms with Crippen LogP contribution in [-0.2, 0) is 4.79 Å². The Hall–Kier alpha value is -2.87. The van der Waals surface area contributed by atoms with Crippen molar-refractivity contribution in [1.82, 2.24) is 19.7 Å². The van der Waals surface area contributed by atoms with E-state index in [4.69, 9.17) is 9.47 Å². The van der Waals surface area contributed by atoms with Crippen molar-refractivity contribution in [2.24, 2.45) is 0 Å². The summed E-state index contributed by atoms with van der Waals surface area (Å²) in [7, 11) is 2.18. The van der Waals surface area contributed by atoms with Crippen molar-refractivity contribution in [3.05, 3.63) is 54.7 Å². The van der Waals surface area contributed by atoms with Gasteiger partial charge in [-0.15, -0.1) is 12.4 Å². The highest BCUT2D eigenvalue weighted by molar-refractivity contribution is 5.92. The summed E-state index contributed by atoms with van der Waals surface area (Å²) < 4.78 is 12.7. The van der Waals surface area contributed by atoms with E-state index in [1.807, 2.05) is 36.2 Å². The molecule has 0 N–H and O–H groups in total. The molecule has 0 atom stereocenters. The number of hydrogen-bond donors (Lipinski definition) is 0. The molecule has 2 fully saturated rings. The van der Waals surface area contributed by atoms with Crippen LogP contribution in [0.25, 0.3) is 22.0 Å². The second-order valence-corrected chi connectivity index (χ2v) is 10.1. The molecule has 2 aliphatic rings. The first-order chi connectivity index (χ1) is 18.1. The number of pyridine rings is 1. The lowest BCUT2D eigenvalue weighted by Gasteiger charge is -2.32. The van der Waals surface area contributed by atoms with Crippen LogP contribution < -0.4 is 9.47 Å². The minimum Gasteiger partial charge on any atom is -0.490 e. The van der Waals surface area contributed by atoms with Gasteiger partial charge < -0.3 is 19.3 Å². The van der Waals surface area contributed by atoms with Crippen molar-refractivity contribution in [2.75, 3.05) is 59.5 Å². The number of likely N-dealkylation sites (N-methyl/N-ethyl adjacent to an activating group) is 1. The Labute approximate surface area is 232 Å². The Morgan fingerprint density at radius 2 is 1.71 bits per heavy atom. The van der Waals surface area contributed by atoms with Gasteiger partial charge >= 0.3 is 0 Å². The van der Waals surface area contributed by atoms with E-state index >= 15 is 0 Å². The van der Waals surface area contributed by atoms with Crippen molar-refractivity contribution < 1.29 is 14.3 Å². The van der Waals surface area contributed by atoms with Gasteiger partial charge in [-0.05, 0) is 36.9 Å². The van der Waals surface area contributed by atoms with E-state index in [0.29, 0.717) is 13.0 Å². The van der Waals surface area contributed by atoms with Crippen LogP contribution in [0.1, 0.15) is 26.2 Å². The van der Waals surface area contributed by atoms with Crippen molar-refractivity contribution in [2.45, 2.75) is 32.3 Å². The quantitative estimate of drug-likeness (QED) is 0.413. The molecule has 8 heteroatoms. The molecule has 1 amide bonds. The van der Waals surface area contributed by atoms with Gasteiger partial charge in [0.25, 0.3) is 0 Å². The first-order valence-electron chi connectivity index (χ1n) is 13.6. The molecule has 1 aromatic heterocycles. The third-order valence-electron chi connectivity index (χ3n) is 7.54. The van der Waals surface area contributed by atoms with Crippen LogP contribution in [0.3, 0.4) is 0 Å². The van der Waals surface area contributed by atoms with Crippen molar-refractivity contribution in [3.63, 3.8) is 0 Å². The van der Waals surface area contributed by atoms with E-state index in [2.05, 4.69) is 52.2 Å². The lowest BCUT2D eigenvalue weighted by molar-refractivity contribution is -0.132. The van der Waals surface area contributed by atoms with E-state index in [-0.39, 0.29) is 24.4 Å². The predicted molar refractivity (Wildman–Crippen MR) is 154 cm³/mol. The molecule has 0 spiro atoms. The van der Waals surface area contributed by atoms with E-state index in [0.717, 1.165) is 92.2 Å². The Kier molecular flexibility index (Phi) is 9.83. The number of likely N-dealkylation sites (tertiary alicyclic amines) is 1. The Bertz CT molecular complexity index is 1190. The Morgan fingerprint density at radius 3 is 2.42 bits per heavy atom. The van der Waals surface area contributed by atoms with Crippen molar-refractivity contribution in [1.29, 1.82) is 0 Å². The SMILES string of the molecule is CCC(=O)N1CCC(Oc2ccc(-c3ccc4cccnc4c3OCCN3CCN(C)CC3)cc2)CC1.Cl. The molecule has 2 aromatic carbocycles. The third-order valence-corrected chi connectivity index (χ3v) is 7.54. The van der Waals surface area contributed by atoms with Crippen LogP contribution in [-0.4, -0.2) is 91.2 Å². The van der Waals surface area contributed by atoms with Gasteiger partial charge in [0.15, 0.2) is 5.75 Å². The maximum absolute atomic E-state index is 11.9. The first-order valence-corrected chi connectivity index (χ1v) is 13.6. The van der Waals surface area contributed by atoms with Gasteiger partial charge in [-0.3, -0.25) is 14.7 Å². The van der Waals surface area contributed by atoms with E-state index < -0.39 is 0 Å². The number of nitrogens with zero attached hydrogens (tertiary/aromatic N) is 4. The number of ether oxygens (including phenoxy) is 2. The topological polar surface area (TPSA) is 58.1 Å². The summed E-state index contributed by atoms with van der Waals surface area (Å²) >= 11 is 0. The van der Waals surface area contributed by atoms with Crippen LogP contribution >= 0.6 is 12.4 Å². The molecule has 204 valence electrons. The maximum atomic E-state index is 11.9. The van der Waals surface area contributed by atoms with Gasteiger partial charge in [-0.2, -0.15) is 0 Å². The predicted octanol–water partition coefficient (Wildman–Crippen LogP) is 4.73. The molecular formula is C30H39ClN4O3. The molecule has 38 heavy (non-hydrogen) atoms. The average molecular weight is 539 g/mol. The van der Waals surface area contributed by atoms with Crippen molar-refractivity contribution >= 4 is 29.2 Å². The molecule has 0 radical (unpaired) electrons. The van der Waals surface area contributed by atoms with Gasteiger partial charge in [-0.1, -0.05) is 31.2 Å². The molecule has 5 rings (SSSR count). The lowest BCUT2D eigenvalue weighted by atomic mass is 10.0. The number of piperazine rings is 1. The van der Waals surface area contributed by atoms with Gasteiger partial charge in [0.05, 0.1) is 0 Å². The van der Waals surface area contributed by atoms with E-state index in [1.54, 1.807) is 0 Å². The molecule has 0 saturated carbocycles. The zero-order valence-electron chi connectivity index (χ0n) is 22.5. The fraction of sp³-hybridized carbons (Fsp3) is 0.467. The highest BCUT2D eigenvalue weighted by atomic mass is 35.5. The second-order valence-electron chi connectivity index (χ2n) is 10.1. The second kappa shape index (κ2) is 13.3. The number of fused-ring (bicyclic) bond motifs is 1. The first kappa shape index (κ1) is 28.1. The fourth-order valence-electron chi connectivity index (χ4n) is 5.19. The van der Waals surface area contributed by atoms with Gasteiger partial charge in [0, 0.05) is 82.2 Å². The number of benzene rings is 2. The zero-order chi connectivity index (χ0) is 25.6. The molecule has 3 aromatic rings. The van der Waals surface area contributed by atoms with Gasteiger partial charge in [0.2, 0.25) is 5.91 Å². The smallest absolute Gasteiger partial charge is 0.222 e. The van der Waals surface area contributed by atoms with Crippen LogP contribution in [0, 0.1) is 0 Å². The van der Waals surface area contributed by atoms with Crippen molar-refractivity contribution in [3.8, 4) is 22.6 Å². The van der Waals surface area contributed by atoms with E-state index in [9.17, 15) is 4.79 Å². The Balaban J connectivity index is 0.00000336. The van der Waals surface area contributed by atoms with Gasteiger partial charge in [0.1, 0.15) is 24.0 Å². The summed E-state index contributed by atoms with van der Waals surface area (Å²) in [6, 6.07) is 16.6. The average Bonchev–Trinajstić information content (AvgIpc) is 2.94. The minimum absolute atomic E-state index is 0. The molecule has 3 heterocycles.